The molecule has 0 heterocycles. The molecular weight excluding hydrogens is 322 g/mol. The predicted octanol–water partition coefficient (Wildman–Crippen LogP) is 4.98. The predicted molar refractivity (Wildman–Crippen MR) is 73.7 cm³/mol. The van der Waals surface area contributed by atoms with Gasteiger partial charge in [-0.15, -0.1) is 55.4 Å². The van der Waals surface area contributed by atoms with Gasteiger partial charge in [0.2, 0.25) is 6.69 Å². The minimum Gasteiger partial charge on any atom is -0.146 e. The van der Waals surface area contributed by atoms with Gasteiger partial charge in [0.1, 0.15) is 0 Å². The molecule has 0 aliphatic carbocycles. The van der Waals surface area contributed by atoms with E-state index >= 15 is 0 Å². The normalized spacial score (nSPS) is 14.8. The lowest BCUT2D eigenvalue weighted by atomic mass is 11.7. The molecule has 0 unspecified atom stereocenters. The maximum atomic E-state index is 6.07. The Labute approximate surface area is 106 Å². The van der Waals surface area contributed by atoms with Crippen molar-refractivity contribution in [3.63, 3.8) is 0 Å². The monoisotopic (exact) mass is 332 g/mol. The van der Waals surface area contributed by atoms with Crippen molar-refractivity contribution in [2.45, 2.75) is 31.0 Å². The van der Waals surface area contributed by atoms with Crippen LogP contribution in [0.2, 0.25) is 31.0 Å². The molecule has 0 aromatic rings. The van der Waals surface area contributed by atoms with Gasteiger partial charge in [0.15, 0.2) is 0 Å². The minimum atomic E-state index is -2.51. The van der Waals surface area contributed by atoms with Gasteiger partial charge in [0, 0.05) is 8.07 Å². The summed E-state index contributed by atoms with van der Waals surface area (Å²) in [4.78, 5) is 0. The fraction of sp³-hybridized carbons (Fsp3) is 1.00. The highest BCUT2D eigenvalue weighted by molar-refractivity contribution is 7.66. The summed E-state index contributed by atoms with van der Waals surface area (Å²) in [5.74, 6) is 0. The molecule has 80 valence electrons. The van der Waals surface area contributed by atoms with Crippen molar-refractivity contribution in [3.05, 3.63) is 0 Å². The van der Waals surface area contributed by atoms with Crippen LogP contribution in [0, 0.1) is 0 Å². The Bertz CT molecular complexity index is 152. The summed E-state index contributed by atoms with van der Waals surface area (Å²) in [5, 5.41) is 0. The number of halogens is 5. The summed E-state index contributed by atoms with van der Waals surface area (Å²) in [6, 6.07) is -2.51. The maximum Gasteiger partial charge on any atom is 0.339 e. The van der Waals surface area contributed by atoms with Gasteiger partial charge in [0.05, 0.1) is 0 Å². The molecule has 0 aromatic carbocycles. The first-order valence-corrected chi connectivity index (χ1v) is 17.2. The van der Waals surface area contributed by atoms with Crippen molar-refractivity contribution in [3.8, 4) is 0 Å². The average molecular weight is 335 g/mol. The molecule has 0 aromatic heterocycles. The number of hydrogen-bond donors (Lipinski definition) is 0. The SMILES string of the molecule is C[Si](Cl)(Cl)C[Si](C)(C)C[Si](Cl)(Cl)Cl. The Morgan fingerprint density at radius 1 is 0.769 bits per heavy atom. The van der Waals surface area contributed by atoms with E-state index in [0.717, 1.165) is 11.3 Å². The lowest BCUT2D eigenvalue weighted by Gasteiger charge is -2.28. The van der Waals surface area contributed by atoms with Gasteiger partial charge in [-0.3, -0.25) is 0 Å². The molecule has 0 bridgehead atoms. The van der Waals surface area contributed by atoms with Crippen molar-refractivity contribution >= 4 is 76.2 Å². The molecule has 0 spiro atoms. The molecular formula is C5H13Cl5Si3. The maximum absolute atomic E-state index is 6.07. The van der Waals surface area contributed by atoms with Gasteiger partial charge < -0.3 is 0 Å². The van der Waals surface area contributed by atoms with Crippen molar-refractivity contribution in [2.75, 3.05) is 0 Å². The second-order valence-corrected chi connectivity index (χ2v) is 27.9. The van der Waals surface area contributed by atoms with Crippen LogP contribution in [-0.2, 0) is 0 Å². The van der Waals surface area contributed by atoms with Crippen LogP contribution in [-0.4, -0.2) is 20.8 Å². The molecule has 8 heteroatoms. The zero-order chi connectivity index (χ0) is 10.9. The fourth-order valence-electron chi connectivity index (χ4n) is 1.45. The summed E-state index contributed by atoms with van der Waals surface area (Å²) in [6.07, 6.45) is 0. The molecule has 0 saturated carbocycles. The molecule has 0 aliphatic heterocycles. The van der Waals surface area contributed by atoms with Crippen molar-refractivity contribution < 1.29 is 0 Å². The van der Waals surface area contributed by atoms with Crippen molar-refractivity contribution in [1.29, 1.82) is 0 Å². The van der Waals surface area contributed by atoms with Gasteiger partial charge in [-0.2, -0.15) is 0 Å². The van der Waals surface area contributed by atoms with E-state index in [1.54, 1.807) is 0 Å². The smallest absolute Gasteiger partial charge is 0.146 e. The third-order valence-corrected chi connectivity index (χ3v) is 19.2. The van der Waals surface area contributed by atoms with Gasteiger partial charge in [0.25, 0.3) is 0 Å². The zero-order valence-corrected chi connectivity index (χ0v) is 14.6. The van der Waals surface area contributed by atoms with Crippen LogP contribution in [0.5, 0.6) is 0 Å². The first kappa shape index (κ1) is 15.1. The highest BCUT2D eigenvalue weighted by Crippen LogP contribution is 2.36. The van der Waals surface area contributed by atoms with E-state index in [4.69, 9.17) is 55.4 Å². The van der Waals surface area contributed by atoms with Gasteiger partial charge in [-0.25, -0.2) is 0 Å². The van der Waals surface area contributed by atoms with E-state index < -0.39 is 20.8 Å². The molecule has 0 fully saturated rings. The lowest BCUT2D eigenvalue weighted by Crippen LogP contribution is -2.39. The van der Waals surface area contributed by atoms with Crippen LogP contribution in [0.25, 0.3) is 0 Å². The molecule has 0 saturated heterocycles. The summed E-state index contributed by atoms with van der Waals surface area (Å²) in [5.41, 5.74) is 1.64. The van der Waals surface area contributed by atoms with E-state index in [-0.39, 0.29) is 0 Å². The van der Waals surface area contributed by atoms with Crippen LogP contribution >= 0.6 is 55.4 Å². The average Bonchev–Trinajstić information content (AvgIpc) is 1.43. The molecule has 13 heavy (non-hydrogen) atoms. The quantitative estimate of drug-likeness (QED) is 0.502. The number of hydrogen-bond acceptors (Lipinski definition) is 0. The van der Waals surface area contributed by atoms with Crippen LogP contribution in [0.3, 0.4) is 0 Å². The third kappa shape index (κ3) is 10.4. The molecule has 0 amide bonds. The fourth-order valence-corrected chi connectivity index (χ4v) is 30.4. The summed E-state index contributed by atoms with van der Waals surface area (Å²) < 4.78 is 0. The Morgan fingerprint density at radius 3 is 1.38 bits per heavy atom. The molecule has 0 radical (unpaired) electrons. The minimum absolute atomic E-state index is 0.743. The summed E-state index contributed by atoms with van der Waals surface area (Å²) >= 11 is 29.8. The molecule has 0 atom stereocenters. The van der Waals surface area contributed by atoms with Gasteiger partial charge in [-0.05, 0) is 17.9 Å². The second-order valence-electron chi connectivity index (χ2n) is 4.20. The van der Waals surface area contributed by atoms with Gasteiger partial charge in [-0.1, -0.05) is 13.1 Å². The van der Waals surface area contributed by atoms with E-state index in [0.29, 0.717) is 0 Å². The zero-order valence-electron chi connectivity index (χ0n) is 7.80. The summed E-state index contributed by atoms with van der Waals surface area (Å²) in [6.45, 7) is 4.24. The Kier molecular flexibility index (Phi) is 5.76. The van der Waals surface area contributed by atoms with Crippen LogP contribution < -0.4 is 0 Å². The van der Waals surface area contributed by atoms with Crippen LogP contribution in [0.4, 0.5) is 0 Å². The largest absolute Gasteiger partial charge is 0.339 e. The van der Waals surface area contributed by atoms with E-state index in [1.165, 1.54) is 0 Å². The Morgan fingerprint density at radius 2 is 1.15 bits per heavy atom. The number of rotatable bonds is 4. The highest BCUT2D eigenvalue weighted by Gasteiger charge is 2.40. The first-order chi connectivity index (χ1) is 5.41. The molecule has 0 nitrogen and oxygen atoms in total. The lowest BCUT2D eigenvalue weighted by molar-refractivity contribution is 1.56. The first-order valence-electron chi connectivity index (χ1n) is 3.86. The van der Waals surface area contributed by atoms with E-state index in [1.807, 2.05) is 6.55 Å². The Hall–Kier alpha value is 2.10. The van der Waals surface area contributed by atoms with E-state index in [2.05, 4.69) is 13.1 Å². The molecule has 0 N–H and O–H groups in total. The van der Waals surface area contributed by atoms with Crippen molar-refractivity contribution in [2.24, 2.45) is 0 Å². The Balaban J connectivity index is 4.25. The second kappa shape index (κ2) is 4.95. The molecule has 0 aliphatic rings. The molecule has 0 rings (SSSR count). The standard InChI is InChI=1S/C5H13Cl5Si3/c1-11(2,4-12(3,6)7)5-13(8,9)10/h4-5H2,1-3H3. The van der Waals surface area contributed by atoms with E-state index in [9.17, 15) is 0 Å². The van der Waals surface area contributed by atoms with Gasteiger partial charge >= 0.3 is 6.00 Å². The highest BCUT2D eigenvalue weighted by atomic mass is 35.8. The third-order valence-electron chi connectivity index (χ3n) is 1.47. The van der Waals surface area contributed by atoms with Crippen LogP contribution in [0.15, 0.2) is 0 Å². The van der Waals surface area contributed by atoms with Crippen molar-refractivity contribution in [1.82, 2.24) is 0 Å². The topological polar surface area (TPSA) is 0 Å². The summed E-state index contributed by atoms with van der Waals surface area (Å²) in [7, 11) is -1.51. The van der Waals surface area contributed by atoms with Crippen LogP contribution in [0.1, 0.15) is 0 Å².